The predicted octanol–water partition coefficient (Wildman–Crippen LogP) is -0.211. The molecule has 0 aliphatic carbocycles. The van der Waals surface area contributed by atoms with Gasteiger partial charge in [-0.05, 0) is 20.9 Å². The monoisotopic (exact) mass is 258 g/mol. The number of nitrogens with zero attached hydrogens (tertiary/aromatic N) is 2. The van der Waals surface area contributed by atoms with Gasteiger partial charge in [-0.3, -0.25) is 4.90 Å². The normalized spacial score (nSPS) is 34.7. The number of hydrogen-bond acceptors (Lipinski definition) is 5. The van der Waals surface area contributed by atoms with E-state index in [0.717, 1.165) is 39.3 Å². The van der Waals surface area contributed by atoms with Gasteiger partial charge >= 0.3 is 0 Å². The number of hydrogen-bond donors (Lipinski definition) is 1. The van der Waals surface area contributed by atoms with Crippen molar-refractivity contribution in [3.63, 3.8) is 0 Å². The molecule has 0 bridgehead atoms. The van der Waals surface area contributed by atoms with Gasteiger partial charge in [-0.2, -0.15) is 0 Å². The molecular weight excluding hydrogens is 232 g/mol. The van der Waals surface area contributed by atoms with Crippen molar-refractivity contribution in [1.82, 2.24) is 9.80 Å². The molecule has 2 fully saturated rings. The van der Waals surface area contributed by atoms with Gasteiger partial charge in [-0.15, -0.1) is 0 Å². The van der Waals surface area contributed by atoms with Crippen LogP contribution in [-0.4, -0.2) is 85.7 Å². The second-order valence-corrected chi connectivity index (χ2v) is 6.13. The minimum Gasteiger partial charge on any atom is -0.394 e. The number of morpholine rings is 2. The summed E-state index contributed by atoms with van der Waals surface area (Å²) in [5.41, 5.74) is -0.188. The summed E-state index contributed by atoms with van der Waals surface area (Å²) in [7, 11) is 2.13. The quantitative estimate of drug-likeness (QED) is 0.759. The van der Waals surface area contributed by atoms with Crippen LogP contribution < -0.4 is 0 Å². The van der Waals surface area contributed by atoms with E-state index in [1.807, 2.05) is 0 Å². The Kier molecular flexibility index (Phi) is 4.61. The number of ether oxygens (including phenoxy) is 2. The average Bonchev–Trinajstić information content (AvgIpc) is 2.26. The predicted molar refractivity (Wildman–Crippen MR) is 69.7 cm³/mol. The molecule has 0 amide bonds. The fourth-order valence-corrected chi connectivity index (χ4v) is 2.92. The van der Waals surface area contributed by atoms with Crippen LogP contribution in [0.1, 0.15) is 13.8 Å². The van der Waals surface area contributed by atoms with Crippen molar-refractivity contribution < 1.29 is 14.6 Å². The molecule has 2 heterocycles. The highest BCUT2D eigenvalue weighted by molar-refractivity contribution is 4.86. The Bertz CT molecular complexity index is 273. The van der Waals surface area contributed by atoms with Crippen LogP contribution in [0.25, 0.3) is 0 Å². The second kappa shape index (κ2) is 5.84. The summed E-state index contributed by atoms with van der Waals surface area (Å²) in [5, 5.41) is 9.30. The van der Waals surface area contributed by atoms with Crippen molar-refractivity contribution in [2.45, 2.75) is 31.7 Å². The first kappa shape index (κ1) is 14.2. The zero-order valence-corrected chi connectivity index (χ0v) is 11.8. The Morgan fingerprint density at radius 2 is 2.06 bits per heavy atom. The Labute approximate surface area is 110 Å². The summed E-state index contributed by atoms with van der Waals surface area (Å²) in [6, 6.07) is 0. The lowest BCUT2D eigenvalue weighted by Gasteiger charge is -2.44. The molecule has 0 aromatic heterocycles. The van der Waals surface area contributed by atoms with Crippen molar-refractivity contribution in [3.05, 3.63) is 0 Å². The summed E-state index contributed by atoms with van der Waals surface area (Å²) in [4.78, 5) is 4.66. The Hall–Kier alpha value is -0.200. The van der Waals surface area contributed by atoms with Crippen LogP contribution in [0.3, 0.4) is 0 Å². The van der Waals surface area contributed by atoms with Gasteiger partial charge in [0.1, 0.15) is 0 Å². The molecule has 2 atom stereocenters. The molecule has 2 aliphatic heterocycles. The van der Waals surface area contributed by atoms with Crippen LogP contribution in [0.2, 0.25) is 0 Å². The molecule has 2 aliphatic rings. The Morgan fingerprint density at radius 3 is 2.72 bits per heavy atom. The van der Waals surface area contributed by atoms with Gasteiger partial charge in [0, 0.05) is 32.7 Å². The SMILES string of the molecule is CN1CCOC(CN2CC(CO)OC(C)(C)C2)C1. The van der Waals surface area contributed by atoms with Gasteiger partial charge in [-0.1, -0.05) is 0 Å². The van der Waals surface area contributed by atoms with Gasteiger partial charge in [0.2, 0.25) is 0 Å². The summed E-state index contributed by atoms with van der Waals surface area (Å²) in [6.07, 6.45) is 0.201. The van der Waals surface area contributed by atoms with Crippen LogP contribution in [0, 0.1) is 0 Å². The molecule has 0 aromatic carbocycles. The van der Waals surface area contributed by atoms with Crippen molar-refractivity contribution in [2.75, 3.05) is 53.0 Å². The molecule has 5 nitrogen and oxygen atoms in total. The molecular formula is C13H26N2O3. The molecule has 0 radical (unpaired) electrons. The lowest BCUT2D eigenvalue weighted by atomic mass is 10.0. The highest BCUT2D eigenvalue weighted by Crippen LogP contribution is 2.21. The molecule has 1 N–H and O–H groups in total. The fourth-order valence-electron chi connectivity index (χ4n) is 2.92. The highest BCUT2D eigenvalue weighted by atomic mass is 16.5. The topological polar surface area (TPSA) is 45.2 Å². The Balaban J connectivity index is 1.87. The molecule has 2 saturated heterocycles. The average molecular weight is 258 g/mol. The summed E-state index contributed by atoms with van der Waals surface area (Å²) < 4.78 is 11.6. The molecule has 0 saturated carbocycles. The van der Waals surface area contributed by atoms with Crippen LogP contribution in [0.4, 0.5) is 0 Å². The maximum atomic E-state index is 9.30. The molecule has 18 heavy (non-hydrogen) atoms. The maximum absolute atomic E-state index is 9.30. The van der Waals surface area contributed by atoms with Crippen molar-refractivity contribution in [2.24, 2.45) is 0 Å². The largest absolute Gasteiger partial charge is 0.394 e. The van der Waals surface area contributed by atoms with Crippen LogP contribution in [0.5, 0.6) is 0 Å². The summed E-state index contributed by atoms with van der Waals surface area (Å²) in [6.45, 7) is 9.69. The molecule has 0 aromatic rings. The standard InChI is InChI=1S/C13H26N2O3/c1-13(2)10-15(8-12(9-16)18-13)7-11-6-14(3)4-5-17-11/h11-12,16H,4-10H2,1-3H3. The lowest BCUT2D eigenvalue weighted by Crippen LogP contribution is -2.57. The van der Waals surface area contributed by atoms with E-state index in [4.69, 9.17) is 9.47 Å². The number of aliphatic hydroxyl groups is 1. The van der Waals surface area contributed by atoms with Gasteiger partial charge in [0.05, 0.1) is 31.0 Å². The van der Waals surface area contributed by atoms with E-state index in [1.165, 1.54) is 0 Å². The second-order valence-electron chi connectivity index (χ2n) is 6.13. The maximum Gasteiger partial charge on any atom is 0.0940 e. The first-order valence-electron chi connectivity index (χ1n) is 6.80. The molecule has 106 valence electrons. The minimum atomic E-state index is -0.188. The minimum absolute atomic E-state index is 0.0740. The van der Waals surface area contributed by atoms with Gasteiger partial charge in [0.25, 0.3) is 0 Å². The van der Waals surface area contributed by atoms with E-state index in [9.17, 15) is 5.11 Å². The van der Waals surface area contributed by atoms with Gasteiger partial charge < -0.3 is 19.5 Å². The van der Waals surface area contributed by atoms with E-state index in [2.05, 4.69) is 30.7 Å². The first-order valence-corrected chi connectivity index (χ1v) is 6.80. The zero-order chi connectivity index (χ0) is 13.2. The van der Waals surface area contributed by atoms with E-state index >= 15 is 0 Å². The van der Waals surface area contributed by atoms with E-state index in [-0.39, 0.29) is 24.4 Å². The molecule has 2 rings (SSSR count). The highest BCUT2D eigenvalue weighted by Gasteiger charge is 2.34. The van der Waals surface area contributed by atoms with E-state index in [1.54, 1.807) is 0 Å². The van der Waals surface area contributed by atoms with E-state index < -0.39 is 0 Å². The van der Waals surface area contributed by atoms with Gasteiger partial charge in [0.15, 0.2) is 0 Å². The molecule has 5 heteroatoms. The van der Waals surface area contributed by atoms with E-state index in [0.29, 0.717) is 0 Å². The summed E-state index contributed by atoms with van der Waals surface area (Å²) >= 11 is 0. The van der Waals surface area contributed by atoms with Crippen LogP contribution in [-0.2, 0) is 9.47 Å². The number of rotatable bonds is 3. The first-order chi connectivity index (χ1) is 8.48. The third-order valence-corrected chi connectivity index (χ3v) is 3.56. The molecule has 2 unspecified atom stereocenters. The number of likely N-dealkylation sites (N-methyl/N-ethyl adjacent to an activating group) is 1. The number of aliphatic hydroxyl groups excluding tert-OH is 1. The fraction of sp³-hybridized carbons (Fsp3) is 1.00. The lowest BCUT2D eigenvalue weighted by molar-refractivity contribution is -0.157. The smallest absolute Gasteiger partial charge is 0.0940 e. The summed E-state index contributed by atoms with van der Waals surface area (Å²) in [5.74, 6) is 0. The molecule has 0 spiro atoms. The van der Waals surface area contributed by atoms with Crippen molar-refractivity contribution in [3.8, 4) is 0 Å². The van der Waals surface area contributed by atoms with Crippen LogP contribution in [0.15, 0.2) is 0 Å². The van der Waals surface area contributed by atoms with Gasteiger partial charge in [-0.25, -0.2) is 0 Å². The third-order valence-electron chi connectivity index (χ3n) is 3.56. The van der Waals surface area contributed by atoms with Crippen LogP contribution >= 0.6 is 0 Å². The third kappa shape index (κ3) is 3.90. The zero-order valence-electron chi connectivity index (χ0n) is 11.8. The van der Waals surface area contributed by atoms with Crippen molar-refractivity contribution in [1.29, 1.82) is 0 Å². The van der Waals surface area contributed by atoms with Crippen molar-refractivity contribution >= 4 is 0 Å². The Morgan fingerprint density at radius 1 is 1.28 bits per heavy atom.